The molecule has 0 fully saturated rings. The molecule has 0 unspecified atom stereocenters. The fraction of sp³-hybridized carbons (Fsp3) is 0.0833. The quantitative estimate of drug-likeness (QED) is 0.0655. The van der Waals surface area contributed by atoms with E-state index in [9.17, 15) is 5.26 Å². The smallest absolute Gasteiger partial charge is 0.187 e. The molecule has 0 saturated heterocycles. The van der Waals surface area contributed by atoms with Crippen LogP contribution in [0.1, 0.15) is 67.3 Å². The Morgan fingerprint density at radius 1 is 0.356 bits per heavy atom. The van der Waals surface area contributed by atoms with Gasteiger partial charge in [0.2, 0.25) is 0 Å². The van der Waals surface area contributed by atoms with Crippen molar-refractivity contribution in [3.05, 3.63) is 355 Å². The van der Waals surface area contributed by atoms with Crippen molar-refractivity contribution in [3.63, 3.8) is 0 Å². The fourth-order valence-corrected chi connectivity index (χ4v) is 16.5. The number of hydrogen-bond acceptors (Lipinski definition) is 4. The van der Waals surface area contributed by atoms with Crippen molar-refractivity contribution in [3.8, 4) is 60.3 Å². The van der Waals surface area contributed by atoms with E-state index < -0.39 is 0 Å². The van der Waals surface area contributed by atoms with Crippen LogP contribution in [0.25, 0.3) is 124 Å². The Labute approximate surface area is 595 Å². The van der Waals surface area contributed by atoms with Gasteiger partial charge in [0.25, 0.3) is 0 Å². The monoisotopic (exact) mass is 1310 g/mol. The molecule has 1 heterocycles. The Morgan fingerprint density at radius 3 is 1.32 bits per heavy atom. The van der Waals surface area contributed by atoms with Crippen LogP contribution in [-0.4, -0.2) is 0 Å². The second kappa shape index (κ2) is 26.8. The Balaban J connectivity index is 0.000000158. The summed E-state index contributed by atoms with van der Waals surface area (Å²) in [5.41, 5.74) is 22.7. The summed E-state index contributed by atoms with van der Waals surface area (Å²) in [6.45, 7) is 21.1. The Morgan fingerprint density at radius 2 is 0.792 bits per heavy atom. The van der Waals surface area contributed by atoms with E-state index in [0.717, 1.165) is 34.1 Å². The first kappa shape index (κ1) is 63.4. The number of para-hydroxylation sites is 2. The zero-order valence-corrected chi connectivity index (χ0v) is 58.2. The van der Waals surface area contributed by atoms with Gasteiger partial charge in [-0.15, -0.1) is 11.3 Å². The highest BCUT2D eigenvalue weighted by Gasteiger charge is 2.28. The summed E-state index contributed by atoms with van der Waals surface area (Å²) in [5, 5.41) is 24.7. The first-order valence-corrected chi connectivity index (χ1v) is 35.6. The second-order valence-electron chi connectivity index (χ2n) is 26.9. The number of fused-ring (bicyclic) bond motifs is 3. The third kappa shape index (κ3) is 11.5. The van der Waals surface area contributed by atoms with E-state index in [1.165, 1.54) is 141 Å². The molecule has 0 radical (unpaired) electrons. The summed E-state index contributed by atoms with van der Waals surface area (Å²) in [6.07, 6.45) is 0. The van der Waals surface area contributed by atoms with Crippen LogP contribution in [0.15, 0.2) is 315 Å². The lowest BCUT2D eigenvalue weighted by Gasteiger charge is -2.32. The largest absolute Gasteiger partial charge is 0.310 e. The lowest BCUT2D eigenvalue weighted by molar-refractivity contribution is 0.875. The van der Waals surface area contributed by atoms with Crippen LogP contribution in [0.4, 0.5) is 39.8 Å². The number of aryl methyl sites for hydroxylation is 2. The highest BCUT2D eigenvalue weighted by Crippen LogP contribution is 2.53. The molecule has 16 aromatic carbocycles. The number of rotatable bonds is 13. The first-order chi connectivity index (χ1) is 49.5. The predicted octanol–water partition coefficient (Wildman–Crippen LogP) is 28.4. The normalized spacial score (nSPS) is 11.4. The first-order valence-electron chi connectivity index (χ1n) is 34.8. The van der Waals surface area contributed by atoms with Gasteiger partial charge >= 0.3 is 0 Å². The van der Waals surface area contributed by atoms with Crippen molar-refractivity contribution in [1.82, 2.24) is 0 Å². The maximum Gasteiger partial charge on any atom is 0.187 e. The molecular formula is C96H72N4S. The van der Waals surface area contributed by atoms with Crippen molar-refractivity contribution in [2.24, 2.45) is 0 Å². The summed E-state index contributed by atoms with van der Waals surface area (Å²) < 4.78 is 0. The highest BCUT2D eigenvalue weighted by atomic mass is 32.1. The van der Waals surface area contributed by atoms with Crippen molar-refractivity contribution in [2.45, 2.75) is 53.4 Å². The summed E-state index contributed by atoms with van der Waals surface area (Å²) >= 11 is 1.87. The second-order valence-corrected chi connectivity index (χ2v) is 28.0. The van der Waals surface area contributed by atoms with Gasteiger partial charge in [0.05, 0.1) is 29.6 Å². The molecule has 482 valence electrons. The lowest BCUT2D eigenvalue weighted by Crippen LogP contribution is -2.14. The van der Waals surface area contributed by atoms with Gasteiger partial charge in [0, 0.05) is 48.8 Å². The van der Waals surface area contributed by atoms with Gasteiger partial charge in [-0.25, -0.2) is 4.85 Å². The molecule has 101 heavy (non-hydrogen) atoms. The number of hydrogen-bond donors (Lipinski definition) is 0. The Kier molecular flexibility index (Phi) is 16.8. The predicted molar refractivity (Wildman–Crippen MR) is 432 cm³/mol. The van der Waals surface area contributed by atoms with Gasteiger partial charge in [0.15, 0.2) is 5.69 Å². The van der Waals surface area contributed by atoms with E-state index in [0.29, 0.717) is 11.3 Å². The molecule has 0 aliphatic carbocycles. The van der Waals surface area contributed by atoms with E-state index in [-0.39, 0.29) is 11.8 Å². The molecule has 0 atom stereocenters. The van der Waals surface area contributed by atoms with E-state index in [1.54, 1.807) is 0 Å². The van der Waals surface area contributed by atoms with Crippen molar-refractivity contribution < 1.29 is 0 Å². The molecule has 0 aliphatic rings. The van der Waals surface area contributed by atoms with Crippen LogP contribution in [-0.2, 0) is 0 Å². The average molecular weight is 1310 g/mol. The molecule has 0 aliphatic heterocycles. The van der Waals surface area contributed by atoms with Crippen LogP contribution in [0, 0.1) is 31.8 Å². The van der Waals surface area contributed by atoms with E-state index in [1.807, 2.05) is 35.6 Å². The zero-order valence-electron chi connectivity index (χ0n) is 57.4. The minimum atomic E-state index is 0.265. The molecule has 5 heteroatoms. The van der Waals surface area contributed by atoms with Crippen molar-refractivity contribution in [1.29, 1.82) is 5.26 Å². The van der Waals surface area contributed by atoms with Gasteiger partial charge < -0.3 is 9.80 Å². The molecule has 0 spiro atoms. The topological polar surface area (TPSA) is 34.6 Å². The van der Waals surface area contributed by atoms with Gasteiger partial charge in [-0.2, -0.15) is 5.26 Å². The summed E-state index contributed by atoms with van der Waals surface area (Å²) in [4.78, 5) is 11.0. The highest BCUT2D eigenvalue weighted by molar-refractivity contribution is 7.19. The number of nitriles is 1. The molecule has 0 amide bonds. The minimum absolute atomic E-state index is 0.265. The summed E-state index contributed by atoms with van der Waals surface area (Å²) in [6, 6.07) is 116. The van der Waals surface area contributed by atoms with Gasteiger partial charge in [-0.05, 0) is 214 Å². The summed E-state index contributed by atoms with van der Waals surface area (Å²) in [7, 11) is 0. The molecule has 17 aromatic rings. The number of nitrogens with zero attached hydrogens (tertiary/aromatic N) is 4. The van der Waals surface area contributed by atoms with Crippen LogP contribution >= 0.6 is 11.3 Å². The van der Waals surface area contributed by atoms with E-state index in [2.05, 4.69) is 353 Å². The van der Waals surface area contributed by atoms with E-state index in [4.69, 9.17) is 6.57 Å². The molecule has 1 aromatic heterocycles. The molecule has 0 bridgehead atoms. The molecule has 0 N–H and O–H groups in total. The number of benzene rings is 16. The third-order valence-electron chi connectivity index (χ3n) is 20.1. The standard InChI is InChI=1S/C50H42N4.C46H30S/c1-31(2)43-28-47(53(45-14-10-8-12-33(45)5)37-20-16-35(30-51)17-21-37)41-26-24-40-44(32(3)4)29-48(42-27-25-39(43)49(41)50(40)42)54(46-15-11-9-13-34(46)6)38-22-18-36(52-7)19-23-38;1-3-15-32(16-4-1)42-30-43(47-46(42)33-18-5-2-6-19-33)34-21-13-22-35(29-34)44-38-24-9-11-26-40(38)45(41-27-12-10-25-39(41)44)37-28-14-20-31-17-7-8-23-36(31)37/h8-29,31-32H,1-6H3;1-30H. The average Bonchev–Trinajstić information content (AvgIpc) is 1.11. The third-order valence-corrected chi connectivity index (χ3v) is 21.4. The van der Waals surface area contributed by atoms with Crippen LogP contribution < -0.4 is 9.80 Å². The molecule has 4 nitrogen and oxygen atoms in total. The van der Waals surface area contributed by atoms with Crippen molar-refractivity contribution >= 4 is 116 Å². The van der Waals surface area contributed by atoms with E-state index >= 15 is 0 Å². The number of thiophene rings is 1. The lowest BCUT2D eigenvalue weighted by atomic mass is 9.84. The minimum Gasteiger partial charge on any atom is -0.310 e. The SMILES string of the molecule is [C-]#[N+]c1ccc(N(c2ccccc2C)c2cc(C(C)C)c3ccc4c(N(c5ccc(C#N)cc5)c5ccccc5C)cc(C(C)C)c5ccc2c3c54)cc1.c1ccc(-c2cc(-c3cccc(-c4c5ccccc5c(-c5cccc6ccccc56)c5ccccc45)c3)sc2-c2ccccc2)cc1. The molecule has 0 saturated carbocycles. The van der Waals surface area contributed by atoms with Gasteiger partial charge in [0.1, 0.15) is 0 Å². The number of anilines is 6. The van der Waals surface area contributed by atoms with Gasteiger partial charge in [-0.1, -0.05) is 270 Å². The maximum atomic E-state index is 9.67. The summed E-state index contributed by atoms with van der Waals surface area (Å²) in [5.74, 6) is 0.532. The fourth-order valence-electron chi connectivity index (χ4n) is 15.3. The van der Waals surface area contributed by atoms with Crippen LogP contribution in [0.2, 0.25) is 0 Å². The van der Waals surface area contributed by atoms with Crippen LogP contribution in [0.5, 0.6) is 0 Å². The van der Waals surface area contributed by atoms with Gasteiger partial charge in [-0.3, -0.25) is 0 Å². The Bertz CT molecular complexity index is 5760. The maximum absolute atomic E-state index is 9.67. The zero-order chi connectivity index (χ0) is 68.8. The molecule has 17 rings (SSSR count). The van der Waals surface area contributed by atoms with Crippen LogP contribution in [0.3, 0.4) is 0 Å². The molecular weight excluding hydrogens is 1240 g/mol. The Hall–Kier alpha value is -12.4. The van der Waals surface area contributed by atoms with Crippen molar-refractivity contribution in [2.75, 3.05) is 9.80 Å².